The number of ether oxygens (including phenoxy) is 1. The van der Waals surface area contributed by atoms with Crippen molar-refractivity contribution in [1.82, 2.24) is 10.2 Å². The van der Waals surface area contributed by atoms with Crippen LogP contribution in [0.15, 0.2) is 0 Å². The molecule has 6 heteroatoms. The molecule has 1 unspecified atom stereocenters. The Morgan fingerprint density at radius 2 is 1.95 bits per heavy atom. The Hall–Kier alpha value is -1.30. The smallest absolute Gasteiger partial charge is 0.408 e. The fraction of sp³-hybridized carbons (Fsp3) is 0.857. The van der Waals surface area contributed by atoms with Gasteiger partial charge in [-0.05, 0) is 53.1 Å². The Morgan fingerprint density at radius 3 is 2.45 bits per heavy atom. The van der Waals surface area contributed by atoms with Crippen molar-refractivity contribution in [2.75, 3.05) is 19.6 Å². The molecule has 1 rings (SSSR count). The van der Waals surface area contributed by atoms with Crippen molar-refractivity contribution in [1.29, 1.82) is 0 Å². The van der Waals surface area contributed by atoms with E-state index < -0.39 is 23.2 Å². The summed E-state index contributed by atoms with van der Waals surface area (Å²) in [6, 6.07) is 0. The second-order valence-electron chi connectivity index (χ2n) is 6.30. The monoisotopic (exact) mass is 286 g/mol. The Kier molecular flexibility index (Phi) is 5.39. The van der Waals surface area contributed by atoms with Crippen LogP contribution in [0.2, 0.25) is 0 Å². The number of carboxylic acids is 1. The van der Waals surface area contributed by atoms with Crippen molar-refractivity contribution in [2.45, 2.75) is 58.1 Å². The zero-order valence-electron chi connectivity index (χ0n) is 12.9. The van der Waals surface area contributed by atoms with E-state index in [0.29, 0.717) is 19.4 Å². The van der Waals surface area contributed by atoms with E-state index in [1.165, 1.54) is 0 Å². The van der Waals surface area contributed by atoms with E-state index in [4.69, 9.17) is 4.74 Å². The Labute approximate surface area is 120 Å². The first-order chi connectivity index (χ1) is 9.18. The topological polar surface area (TPSA) is 78.9 Å². The molecule has 0 aliphatic carbocycles. The normalized spacial score (nSPS) is 24.8. The predicted molar refractivity (Wildman–Crippen MR) is 75.7 cm³/mol. The average Bonchev–Trinajstić information content (AvgIpc) is 2.49. The lowest BCUT2D eigenvalue weighted by Gasteiger charge is -2.30. The number of nitrogens with zero attached hydrogens (tertiary/aromatic N) is 1. The second kappa shape index (κ2) is 6.43. The highest BCUT2D eigenvalue weighted by atomic mass is 16.6. The molecule has 1 aliphatic heterocycles. The van der Waals surface area contributed by atoms with Gasteiger partial charge in [0.2, 0.25) is 0 Å². The molecule has 0 aromatic heterocycles. The van der Waals surface area contributed by atoms with Crippen LogP contribution < -0.4 is 5.32 Å². The van der Waals surface area contributed by atoms with E-state index in [9.17, 15) is 14.7 Å². The highest BCUT2D eigenvalue weighted by Gasteiger charge is 2.42. The number of aliphatic carboxylic acids is 1. The summed E-state index contributed by atoms with van der Waals surface area (Å²) >= 11 is 0. The number of nitrogens with one attached hydrogen (secondary N) is 1. The Bertz CT molecular complexity index is 365. The molecule has 1 atom stereocenters. The Morgan fingerprint density at radius 1 is 1.30 bits per heavy atom. The highest BCUT2D eigenvalue weighted by Crippen LogP contribution is 2.23. The van der Waals surface area contributed by atoms with Gasteiger partial charge in [0, 0.05) is 6.54 Å². The molecular weight excluding hydrogens is 260 g/mol. The molecule has 1 heterocycles. The molecule has 116 valence electrons. The minimum Gasteiger partial charge on any atom is -0.480 e. The van der Waals surface area contributed by atoms with Crippen LogP contribution in [0.25, 0.3) is 0 Å². The molecule has 6 nitrogen and oxygen atoms in total. The summed E-state index contributed by atoms with van der Waals surface area (Å²) in [6.45, 7) is 9.74. The molecule has 1 amide bonds. The zero-order valence-corrected chi connectivity index (χ0v) is 12.9. The second-order valence-corrected chi connectivity index (χ2v) is 6.30. The van der Waals surface area contributed by atoms with Crippen molar-refractivity contribution in [3.05, 3.63) is 0 Å². The maximum absolute atomic E-state index is 11.9. The number of carbonyl (C=O) groups is 2. The largest absolute Gasteiger partial charge is 0.480 e. The predicted octanol–water partition coefficient (Wildman–Crippen LogP) is 1.84. The molecule has 0 spiro atoms. The number of carboxylic acid groups (broad SMARTS) is 1. The number of hydrogen-bond donors (Lipinski definition) is 2. The van der Waals surface area contributed by atoms with Gasteiger partial charge in [0.1, 0.15) is 11.1 Å². The molecule has 2 N–H and O–H groups in total. The molecule has 1 fully saturated rings. The van der Waals surface area contributed by atoms with Gasteiger partial charge in [-0.1, -0.05) is 6.92 Å². The summed E-state index contributed by atoms with van der Waals surface area (Å²) < 4.78 is 5.18. The van der Waals surface area contributed by atoms with Crippen LogP contribution in [-0.2, 0) is 9.53 Å². The maximum Gasteiger partial charge on any atom is 0.408 e. The van der Waals surface area contributed by atoms with E-state index in [1.807, 2.05) is 0 Å². The van der Waals surface area contributed by atoms with Crippen molar-refractivity contribution in [2.24, 2.45) is 0 Å². The first kappa shape index (κ1) is 16.8. The number of likely N-dealkylation sites (tertiary alicyclic amines) is 1. The van der Waals surface area contributed by atoms with Crippen LogP contribution in [0.5, 0.6) is 0 Å². The minimum atomic E-state index is -1.22. The summed E-state index contributed by atoms with van der Waals surface area (Å²) in [5.41, 5.74) is -1.85. The van der Waals surface area contributed by atoms with E-state index in [2.05, 4.69) is 17.1 Å². The Balaban J connectivity index is 2.77. The van der Waals surface area contributed by atoms with Crippen molar-refractivity contribution in [3.8, 4) is 0 Å². The molecule has 0 bridgehead atoms. The van der Waals surface area contributed by atoms with Gasteiger partial charge in [-0.2, -0.15) is 0 Å². The fourth-order valence-corrected chi connectivity index (χ4v) is 2.40. The van der Waals surface area contributed by atoms with Gasteiger partial charge in [0.25, 0.3) is 0 Å². The number of amides is 1. The van der Waals surface area contributed by atoms with Crippen LogP contribution >= 0.6 is 0 Å². The summed E-state index contributed by atoms with van der Waals surface area (Å²) in [5.74, 6) is -0.985. The molecule has 0 aromatic rings. The molecule has 0 saturated carbocycles. The first-order valence-corrected chi connectivity index (χ1v) is 7.15. The van der Waals surface area contributed by atoms with Crippen LogP contribution in [0.3, 0.4) is 0 Å². The lowest BCUT2D eigenvalue weighted by Crippen LogP contribution is -2.56. The van der Waals surface area contributed by atoms with Gasteiger partial charge >= 0.3 is 12.1 Å². The van der Waals surface area contributed by atoms with Crippen LogP contribution in [0.4, 0.5) is 4.79 Å². The van der Waals surface area contributed by atoms with Gasteiger partial charge in [-0.15, -0.1) is 0 Å². The first-order valence-electron chi connectivity index (χ1n) is 7.15. The average molecular weight is 286 g/mol. The van der Waals surface area contributed by atoms with E-state index >= 15 is 0 Å². The van der Waals surface area contributed by atoms with Gasteiger partial charge < -0.3 is 20.1 Å². The number of alkyl carbamates (subject to hydrolysis) is 1. The molecule has 1 saturated heterocycles. The molecule has 20 heavy (non-hydrogen) atoms. The highest BCUT2D eigenvalue weighted by molar-refractivity contribution is 5.84. The molecule has 0 aromatic carbocycles. The minimum absolute atomic E-state index is 0.398. The van der Waals surface area contributed by atoms with Gasteiger partial charge in [0.15, 0.2) is 0 Å². The maximum atomic E-state index is 11.9. The summed E-state index contributed by atoms with van der Waals surface area (Å²) in [7, 11) is 0. The molecular formula is C14H26N2O4. The van der Waals surface area contributed by atoms with E-state index in [-0.39, 0.29) is 0 Å². The van der Waals surface area contributed by atoms with Crippen LogP contribution in [0, 0.1) is 0 Å². The van der Waals surface area contributed by atoms with Crippen LogP contribution in [-0.4, -0.2) is 52.8 Å². The molecule has 0 radical (unpaired) electrons. The van der Waals surface area contributed by atoms with E-state index in [1.54, 1.807) is 20.8 Å². The van der Waals surface area contributed by atoms with Crippen LogP contribution in [0.1, 0.15) is 47.0 Å². The van der Waals surface area contributed by atoms with Crippen molar-refractivity contribution in [3.63, 3.8) is 0 Å². The summed E-state index contributed by atoms with van der Waals surface area (Å²) in [5, 5.41) is 12.1. The van der Waals surface area contributed by atoms with Gasteiger partial charge in [-0.25, -0.2) is 9.59 Å². The van der Waals surface area contributed by atoms with Gasteiger partial charge in [0.05, 0.1) is 0 Å². The summed E-state index contributed by atoms with van der Waals surface area (Å²) in [4.78, 5) is 25.7. The van der Waals surface area contributed by atoms with Gasteiger partial charge in [-0.3, -0.25) is 0 Å². The lowest BCUT2D eigenvalue weighted by molar-refractivity contribution is -0.145. The number of rotatable bonds is 3. The number of carbonyl (C=O) groups excluding carboxylic acids is 1. The number of hydrogen-bond acceptors (Lipinski definition) is 4. The quantitative estimate of drug-likeness (QED) is 0.827. The fourth-order valence-electron chi connectivity index (χ4n) is 2.40. The van der Waals surface area contributed by atoms with E-state index in [0.717, 1.165) is 19.5 Å². The van der Waals surface area contributed by atoms with Crippen molar-refractivity contribution < 1.29 is 19.4 Å². The third-order valence-corrected chi connectivity index (χ3v) is 3.53. The summed E-state index contributed by atoms with van der Waals surface area (Å²) in [6.07, 6.45) is 0.911. The van der Waals surface area contributed by atoms with Crippen molar-refractivity contribution >= 4 is 12.1 Å². The molecule has 1 aliphatic rings. The lowest BCUT2D eigenvalue weighted by atomic mass is 9.91. The zero-order chi connectivity index (χ0) is 15.4. The SMILES string of the molecule is CCN1CCCC(NC(=O)OC(C)(C)C)(C(=O)O)CC1. The standard InChI is InChI=1S/C14H26N2O4/c1-5-16-9-6-7-14(8-10-16,11(17)18)15-12(19)20-13(2,3)4/h5-10H2,1-4H3,(H,15,19)(H,17,18). The third-order valence-electron chi connectivity index (χ3n) is 3.53. The third kappa shape index (κ3) is 4.67.